The molecule has 3 aromatic rings. The van der Waals surface area contributed by atoms with Crippen LogP contribution in [0.25, 0.3) is 0 Å². The van der Waals surface area contributed by atoms with Gasteiger partial charge in [-0.3, -0.25) is 9.59 Å². The Kier molecular flexibility index (Phi) is 10.0. The van der Waals surface area contributed by atoms with Gasteiger partial charge in [0.25, 0.3) is 0 Å². The van der Waals surface area contributed by atoms with Gasteiger partial charge in [0.2, 0.25) is 11.8 Å². The van der Waals surface area contributed by atoms with E-state index in [0.717, 1.165) is 59.4 Å². The summed E-state index contributed by atoms with van der Waals surface area (Å²) >= 11 is 2.90. The van der Waals surface area contributed by atoms with E-state index in [1.54, 1.807) is 6.92 Å². The number of amides is 2. The fourth-order valence-electron chi connectivity index (χ4n) is 4.50. The van der Waals surface area contributed by atoms with Gasteiger partial charge in [-0.05, 0) is 68.4 Å². The molecule has 0 saturated heterocycles. The van der Waals surface area contributed by atoms with Crippen molar-refractivity contribution >= 4 is 51.6 Å². The summed E-state index contributed by atoms with van der Waals surface area (Å²) in [6, 6.07) is 17.2. The molecule has 1 aliphatic rings. The van der Waals surface area contributed by atoms with E-state index in [2.05, 4.69) is 17.6 Å². The number of hydrogen-bond acceptors (Lipinski definition) is 6. The highest BCUT2D eigenvalue weighted by Crippen LogP contribution is 2.41. The number of esters is 1. The molecule has 0 fully saturated rings. The lowest BCUT2D eigenvalue weighted by Gasteiger charge is -2.18. The first-order chi connectivity index (χ1) is 18.5. The number of nitrogens with one attached hydrogen (secondary N) is 2. The van der Waals surface area contributed by atoms with E-state index in [0.29, 0.717) is 22.7 Å². The van der Waals surface area contributed by atoms with Crippen molar-refractivity contribution in [2.45, 2.75) is 68.9 Å². The van der Waals surface area contributed by atoms with Crippen LogP contribution in [0.1, 0.15) is 77.6 Å². The fourth-order valence-corrected chi connectivity index (χ4v) is 6.86. The van der Waals surface area contributed by atoms with E-state index in [9.17, 15) is 14.4 Å². The summed E-state index contributed by atoms with van der Waals surface area (Å²) in [6.45, 7) is 4.13. The van der Waals surface area contributed by atoms with Crippen LogP contribution in [0.15, 0.2) is 59.5 Å². The second-order valence-corrected chi connectivity index (χ2v) is 11.5. The molecule has 2 N–H and O–H groups in total. The summed E-state index contributed by atoms with van der Waals surface area (Å²) in [5, 5.41) is 6.05. The number of ether oxygens (including phenoxy) is 1. The molecule has 6 nitrogen and oxygen atoms in total. The maximum Gasteiger partial charge on any atom is 0.341 e. The third-order valence-corrected chi connectivity index (χ3v) is 8.81. The second kappa shape index (κ2) is 13.6. The molecule has 200 valence electrons. The van der Waals surface area contributed by atoms with Crippen LogP contribution in [0.5, 0.6) is 0 Å². The number of thiophene rings is 1. The largest absolute Gasteiger partial charge is 0.462 e. The zero-order valence-corrected chi connectivity index (χ0v) is 23.5. The topological polar surface area (TPSA) is 84.5 Å². The van der Waals surface area contributed by atoms with Gasteiger partial charge in [-0.2, -0.15) is 0 Å². The maximum absolute atomic E-state index is 13.8. The minimum atomic E-state index is -0.559. The smallest absolute Gasteiger partial charge is 0.341 e. The monoisotopic (exact) mass is 550 g/mol. The quantitative estimate of drug-likeness (QED) is 0.192. The van der Waals surface area contributed by atoms with Gasteiger partial charge in [0, 0.05) is 21.9 Å². The molecule has 2 amide bonds. The van der Waals surface area contributed by atoms with E-state index in [1.807, 2.05) is 54.6 Å². The second-order valence-electron chi connectivity index (χ2n) is 9.21. The van der Waals surface area contributed by atoms with Crippen LogP contribution >= 0.6 is 23.1 Å². The molecule has 2 aromatic carbocycles. The first kappa shape index (κ1) is 27.9. The van der Waals surface area contributed by atoms with Crippen molar-refractivity contribution in [3.8, 4) is 0 Å². The third kappa shape index (κ3) is 7.05. The van der Waals surface area contributed by atoms with Crippen LogP contribution in [0, 0.1) is 0 Å². The van der Waals surface area contributed by atoms with Crippen molar-refractivity contribution in [3.63, 3.8) is 0 Å². The molecular formula is C30H34N2O4S2. The minimum absolute atomic E-state index is 0.0143. The van der Waals surface area contributed by atoms with Crippen LogP contribution in [0.4, 0.5) is 10.7 Å². The molecule has 0 radical (unpaired) electrons. The lowest BCUT2D eigenvalue weighted by atomic mass is 9.95. The van der Waals surface area contributed by atoms with Crippen LogP contribution < -0.4 is 10.6 Å². The van der Waals surface area contributed by atoms with E-state index in [-0.39, 0.29) is 24.4 Å². The SMILES string of the molecule is CCCCC(=O)Nc1cccc(SC(C(=O)Nc2sc3c(c2C(=O)OCC)CCCC3)c2ccccc2)c1. The van der Waals surface area contributed by atoms with E-state index in [4.69, 9.17) is 4.74 Å². The number of thioether (sulfide) groups is 1. The number of hydrogen-bond donors (Lipinski definition) is 2. The summed E-state index contributed by atoms with van der Waals surface area (Å²) in [5.41, 5.74) is 3.09. The Morgan fingerprint density at radius 2 is 1.79 bits per heavy atom. The van der Waals surface area contributed by atoms with Crippen molar-refractivity contribution in [2.24, 2.45) is 0 Å². The summed E-state index contributed by atoms with van der Waals surface area (Å²) < 4.78 is 5.36. The molecule has 8 heteroatoms. The van der Waals surface area contributed by atoms with Gasteiger partial charge in [0.15, 0.2) is 0 Å². The molecule has 1 aliphatic carbocycles. The highest BCUT2D eigenvalue weighted by atomic mass is 32.2. The Balaban J connectivity index is 1.59. The molecule has 1 atom stereocenters. The number of fused-ring (bicyclic) bond motifs is 1. The van der Waals surface area contributed by atoms with Crippen LogP contribution in [-0.4, -0.2) is 24.4 Å². The first-order valence-corrected chi connectivity index (χ1v) is 14.9. The zero-order chi connectivity index (χ0) is 26.9. The van der Waals surface area contributed by atoms with Crippen LogP contribution in [-0.2, 0) is 27.2 Å². The van der Waals surface area contributed by atoms with Gasteiger partial charge in [-0.15, -0.1) is 23.1 Å². The average Bonchev–Trinajstić information content (AvgIpc) is 3.29. The summed E-state index contributed by atoms with van der Waals surface area (Å²) in [6.07, 6.45) is 6.13. The van der Waals surface area contributed by atoms with Crippen molar-refractivity contribution in [3.05, 3.63) is 76.2 Å². The molecule has 0 aliphatic heterocycles. The number of unbranched alkanes of at least 4 members (excludes halogenated alkanes) is 1. The normalized spacial score (nSPS) is 13.3. The Bertz CT molecular complexity index is 1270. The van der Waals surface area contributed by atoms with Gasteiger partial charge >= 0.3 is 5.97 Å². The van der Waals surface area contributed by atoms with E-state index in [1.165, 1.54) is 23.1 Å². The Labute approximate surface area is 232 Å². The minimum Gasteiger partial charge on any atom is -0.462 e. The Morgan fingerprint density at radius 3 is 2.55 bits per heavy atom. The number of rotatable bonds is 11. The summed E-state index contributed by atoms with van der Waals surface area (Å²) in [4.78, 5) is 40.9. The molecule has 4 rings (SSSR count). The predicted octanol–water partition coefficient (Wildman–Crippen LogP) is 7.40. The fraction of sp³-hybridized carbons (Fsp3) is 0.367. The van der Waals surface area contributed by atoms with Gasteiger partial charge in [-0.25, -0.2) is 4.79 Å². The van der Waals surface area contributed by atoms with E-state index >= 15 is 0 Å². The van der Waals surface area contributed by atoms with Crippen molar-refractivity contribution in [1.82, 2.24) is 0 Å². The van der Waals surface area contributed by atoms with E-state index < -0.39 is 5.25 Å². The molecule has 1 heterocycles. The van der Waals surface area contributed by atoms with Crippen molar-refractivity contribution in [1.29, 1.82) is 0 Å². The van der Waals surface area contributed by atoms with Crippen LogP contribution in [0.2, 0.25) is 0 Å². The highest BCUT2D eigenvalue weighted by molar-refractivity contribution is 8.00. The molecule has 38 heavy (non-hydrogen) atoms. The van der Waals surface area contributed by atoms with Crippen molar-refractivity contribution < 1.29 is 19.1 Å². The zero-order valence-electron chi connectivity index (χ0n) is 21.9. The highest BCUT2D eigenvalue weighted by Gasteiger charge is 2.30. The Morgan fingerprint density at radius 1 is 1.00 bits per heavy atom. The predicted molar refractivity (Wildman–Crippen MR) is 155 cm³/mol. The molecule has 0 saturated carbocycles. The van der Waals surface area contributed by atoms with Gasteiger partial charge < -0.3 is 15.4 Å². The average molecular weight is 551 g/mol. The summed E-state index contributed by atoms with van der Waals surface area (Å²) in [7, 11) is 0. The van der Waals surface area contributed by atoms with Gasteiger partial charge in [-0.1, -0.05) is 49.7 Å². The molecule has 0 bridgehead atoms. The van der Waals surface area contributed by atoms with Crippen LogP contribution in [0.3, 0.4) is 0 Å². The Hall–Kier alpha value is -3.10. The molecule has 0 spiro atoms. The number of benzene rings is 2. The lowest BCUT2D eigenvalue weighted by Crippen LogP contribution is -2.20. The van der Waals surface area contributed by atoms with Crippen molar-refractivity contribution in [2.75, 3.05) is 17.2 Å². The van der Waals surface area contributed by atoms with Gasteiger partial charge in [0.1, 0.15) is 10.3 Å². The number of aryl methyl sites for hydroxylation is 1. The summed E-state index contributed by atoms with van der Waals surface area (Å²) in [5.74, 6) is -0.597. The third-order valence-electron chi connectivity index (χ3n) is 6.36. The molecular weight excluding hydrogens is 516 g/mol. The molecule has 1 unspecified atom stereocenters. The number of anilines is 2. The molecule has 1 aromatic heterocycles. The van der Waals surface area contributed by atoms with Gasteiger partial charge in [0.05, 0.1) is 12.2 Å². The number of carbonyl (C=O) groups is 3. The maximum atomic E-state index is 13.8. The number of carbonyl (C=O) groups excluding carboxylic acids is 3. The lowest BCUT2D eigenvalue weighted by molar-refractivity contribution is -0.116. The first-order valence-electron chi connectivity index (χ1n) is 13.2. The standard InChI is InChI=1S/C30H34N2O4S2/c1-3-5-18-25(33)31-21-14-11-15-22(19-21)37-27(20-12-7-6-8-13-20)28(34)32-29-26(30(35)36-4-2)23-16-9-10-17-24(23)38-29/h6-8,11-15,19,27H,3-5,9-10,16-18H2,1-2H3,(H,31,33)(H,32,34).